The highest BCUT2D eigenvalue weighted by atomic mass is 16.5. The second kappa shape index (κ2) is 8.88. The molecule has 0 radical (unpaired) electrons. The molecule has 0 saturated carbocycles. The molecule has 0 aliphatic rings. The Kier molecular flexibility index (Phi) is 5.47. The van der Waals surface area contributed by atoms with Crippen LogP contribution < -0.4 is 10.1 Å². The van der Waals surface area contributed by atoms with E-state index in [1.165, 1.54) is 6.39 Å². The lowest BCUT2D eigenvalue weighted by atomic mass is 10.1. The number of hydrogen-bond acceptors (Lipinski definition) is 7. The molecule has 0 aliphatic carbocycles. The molecule has 0 atom stereocenters. The van der Waals surface area contributed by atoms with Gasteiger partial charge in [0.05, 0.1) is 5.52 Å². The molecule has 0 bridgehead atoms. The highest BCUT2D eigenvalue weighted by molar-refractivity contribution is 5.96. The van der Waals surface area contributed by atoms with Crippen molar-refractivity contribution in [2.24, 2.45) is 0 Å². The van der Waals surface area contributed by atoms with Gasteiger partial charge in [-0.05, 0) is 55.0 Å². The average Bonchev–Trinajstić information content (AvgIpc) is 3.39. The van der Waals surface area contributed by atoms with Crippen molar-refractivity contribution in [2.45, 2.75) is 13.5 Å². The van der Waals surface area contributed by atoms with Crippen LogP contribution in [0.2, 0.25) is 0 Å². The van der Waals surface area contributed by atoms with Gasteiger partial charge in [-0.25, -0.2) is 0 Å². The Morgan fingerprint density at radius 3 is 2.70 bits per heavy atom. The molecule has 8 heteroatoms. The molecule has 8 nitrogen and oxygen atoms in total. The van der Waals surface area contributed by atoms with Gasteiger partial charge in [0.2, 0.25) is 12.2 Å². The summed E-state index contributed by atoms with van der Waals surface area (Å²) < 4.78 is 11.1. The van der Waals surface area contributed by atoms with E-state index in [1.807, 2.05) is 43.3 Å². The monoisotopic (exact) mass is 437 g/mol. The standard InChI is InChI=1S/C25H19N5O3/c1-16-19(25(31)28-14-17-7-10-26-11-8-17)3-2-4-22(16)33-23-9-12-27-21-13-18(5-6-20(21)23)24-29-15-32-30-24/h2-13,15H,14H2,1H3,(H,28,31). The minimum Gasteiger partial charge on any atom is -0.456 e. The molecule has 0 unspecified atom stereocenters. The van der Waals surface area contributed by atoms with Gasteiger partial charge in [-0.3, -0.25) is 14.8 Å². The quantitative estimate of drug-likeness (QED) is 0.410. The second-order valence-electron chi connectivity index (χ2n) is 7.36. The molecule has 1 N–H and O–H groups in total. The number of nitrogens with one attached hydrogen (secondary N) is 1. The van der Waals surface area contributed by atoms with Crippen LogP contribution in [0, 0.1) is 6.92 Å². The summed E-state index contributed by atoms with van der Waals surface area (Å²) >= 11 is 0. The van der Waals surface area contributed by atoms with Gasteiger partial charge in [0.15, 0.2) is 0 Å². The van der Waals surface area contributed by atoms with Crippen molar-refractivity contribution in [1.82, 2.24) is 25.4 Å². The predicted octanol–water partition coefficient (Wildman–Crippen LogP) is 4.71. The van der Waals surface area contributed by atoms with E-state index < -0.39 is 0 Å². The Hall–Kier alpha value is -4.59. The van der Waals surface area contributed by atoms with Crippen LogP contribution in [0.1, 0.15) is 21.5 Å². The molecule has 0 spiro atoms. The van der Waals surface area contributed by atoms with Crippen molar-refractivity contribution >= 4 is 16.8 Å². The van der Waals surface area contributed by atoms with Gasteiger partial charge in [0.1, 0.15) is 11.5 Å². The van der Waals surface area contributed by atoms with E-state index in [4.69, 9.17) is 9.26 Å². The Morgan fingerprint density at radius 2 is 1.88 bits per heavy atom. The summed E-state index contributed by atoms with van der Waals surface area (Å²) in [4.78, 5) is 25.3. The number of fused-ring (bicyclic) bond motifs is 1. The van der Waals surface area contributed by atoms with Crippen LogP contribution in [0.4, 0.5) is 0 Å². The first kappa shape index (κ1) is 20.3. The van der Waals surface area contributed by atoms with Crippen molar-refractivity contribution in [3.05, 3.63) is 96.3 Å². The van der Waals surface area contributed by atoms with Crippen molar-refractivity contribution < 1.29 is 14.1 Å². The van der Waals surface area contributed by atoms with E-state index in [9.17, 15) is 4.79 Å². The SMILES string of the molecule is Cc1c(Oc2ccnc3cc(-c4ncon4)ccc23)cccc1C(=O)NCc1ccncc1. The van der Waals surface area contributed by atoms with Crippen LogP contribution in [-0.4, -0.2) is 26.0 Å². The highest BCUT2D eigenvalue weighted by Gasteiger charge is 2.14. The lowest BCUT2D eigenvalue weighted by Gasteiger charge is -2.14. The maximum absolute atomic E-state index is 12.8. The fraction of sp³-hybridized carbons (Fsp3) is 0.0800. The van der Waals surface area contributed by atoms with Gasteiger partial charge in [-0.2, -0.15) is 4.98 Å². The summed E-state index contributed by atoms with van der Waals surface area (Å²) in [6.07, 6.45) is 6.37. The number of carbonyl (C=O) groups is 1. The van der Waals surface area contributed by atoms with Crippen LogP contribution in [0.5, 0.6) is 11.5 Å². The van der Waals surface area contributed by atoms with Gasteiger partial charge in [-0.15, -0.1) is 0 Å². The largest absolute Gasteiger partial charge is 0.456 e. The molecule has 33 heavy (non-hydrogen) atoms. The Bertz CT molecular complexity index is 1420. The van der Waals surface area contributed by atoms with Crippen LogP contribution in [0.25, 0.3) is 22.3 Å². The number of amides is 1. The maximum atomic E-state index is 12.8. The van der Waals surface area contributed by atoms with Crippen molar-refractivity contribution in [3.8, 4) is 22.9 Å². The minimum atomic E-state index is -0.167. The number of benzene rings is 2. The smallest absolute Gasteiger partial charge is 0.251 e. The third-order valence-electron chi connectivity index (χ3n) is 5.27. The molecule has 162 valence electrons. The molecule has 3 aromatic heterocycles. The zero-order chi connectivity index (χ0) is 22.6. The molecule has 0 fully saturated rings. The predicted molar refractivity (Wildman–Crippen MR) is 122 cm³/mol. The molecule has 0 aliphatic heterocycles. The van der Waals surface area contributed by atoms with Crippen LogP contribution in [0.3, 0.4) is 0 Å². The average molecular weight is 437 g/mol. The highest BCUT2D eigenvalue weighted by Crippen LogP contribution is 2.33. The van der Waals surface area contributed by atoms with E-state index >= 15 is 0 Å². The molecule has 1 amide bonds. The first-order valence-electron chi connectivity index (χ1n) is 10.3. The number of ether oxygens (including phenoxy) is 1. The summed E-state index contributed by atoms with van der Waals surface area (Å²) in [5.41, 5.74) is 3.81. The van der Waals surface area contributed by atoms with E-state index in [-0.39, 0.29) is 5.91 Å². The molecule has 2 aromatic carbocycles. The summed E-state index contributed by atoms with van der Waals surface area (Å²) in [6, 6.07) is 16.6. The zero-order valence-electron chi connectivity index (χ0n) is 17.7. The number of rotatable bonds is 6. The molecular weight excluding hydrogens is 418 g/mol. The maximum Gasteiger partial charge on any atom is 0.251 e. The third kappa shape index (κ3) is 4.27. The van der Waals surface area contributed by atoms with Gasteiger partial charge in [0.25, 0.3) is 5.91 Å². The number of nitrogens with zero attached hydrogens (tertiary/aromatic N) is 4. The van der Waals surface area contributed by atoms with Crippen LogP contribution in [-0.2, 0) is 6.54 Å². The van der Waals surface area contributed by atoms with Crippen molar-refractivity contribution in [3.63, 3.8) is 0 Å². The summed E-state index contributed by atoms with van der Waals surface area (Å²) in [5.74, 6) is 1.56. The Balaban J connectivity index is 1.40. The number of pyridine rings is 2. The van der Waals surface area contributed by atoms with E-state index in [0.717, 1.165) is 27.6 Å². The number of aromatic nitrogens is 4. The second-order valence-corrected chi connectivity index (χ2v) is 7.36. The van der Waals surface area contributed by atoms with Gasteiger partial charge in [-0.1, -0.05) is 17.3 Å². The molecular formula is C25H19N5O3. The molecule has 5 aromatic rings. The Morgan fingerprint density at radius 1 is 1.00 bits per heavy atom. The van der Waals surface area contributed by atoms with E-state index in [0.29, 0.717) is 29.4 Å². The fourth-order valence-electron chi connectivity index (χ4n) is 3.52. The van der Waals surface area contributed by atoms with Crippen molar-refractivity contribution in [1.29, 1.82) is 0 Å². The number of hydrogen-bond donors (Lipinski definition) is 1. The number of carbonyl (C=O) groups excluding carboxylic acids is 1. The van der Waals surface area contributed by atoms with Gasteiger partial charge < -0.3 is 14.6 Å². The first-order chi connectivity index (χ1) is 16.2. The zero-order valence-corrected chi connectivity index (χ0v) is 17.7. The Labute approximate surface area is 189 Å². The van der Waals surface area contributed by atoms with Crippen LogP contribution in [0.15, 0.2) is 84.1 Å². The van der Waals surface area contributed by atoms with E-state index in [1.54, 1.807) is 36.8 Å². The molecule has 0 saturated heterocycles. The molecule has 5 rings (SSSR count). The first-order valence-corrected chi connectivity index (χ1v) is 10.3. The van der Waals surface area contributed by atoms with Gasteiger partial charge >= 0.3 is 0 Å². The third-order valence-corrected chi connectivity index (χ3v) is 5.27. The van der Waals surface area contributed by atoms with Gasteiger partial charge in [0, 0.05) is 47.2 Å². The fourth-order valence-corrected chi connectivity index (χ4v) is 3.52. The summed E-state index contributed by atoms with van der Waals surface area (Å²) in [6.45, 7) is 2.29. The minimum absolute atomic E-state index is 0.167. The van der Waals surface area contributed by atoms with E-state index in [2.05, 4.69) is 25.4 Å². The summed E-state index contributed by atoms with van der Waals surface area (Å²) in [5, 5.41) is 7.64. The lowest BCUT2D eigenvalue weighted by molar-refractivity contribution is 0.0950. The van der Waals surface area contributed by atoms with Crippen molar-refractivity contribution in [2.75, 3.05) is 0 Å². The molecule has 3 heterocycles. The topological polar surface area (TPSA) is 103 Å². The summed E-state index contributed by atoms with van der Waals surface area (Å²) in [7, 11) is 0. The normalized spacial score (nSPS) is 10.8. The van der Waals surface area contributed by atoms with Crippen LogP contribution >= 0.6 is 0 Å². The lowest BCUT2D eigenvalue weighted by Crippen LogP contribution is -2.23.